The highest BCUT2D eigenvalue weighted by molar-refractivity contribution is 9.10. The molecule has 0 unspecified atom stereocenters. The summed E-state index contributed by atoms with van der Waals surface area (Å²) in [6.45, 7) is 14.5. The number of fused-ring (bicyclic) bond motifs is 1. The zero-order valence-electron chi connectivity index (χ0n) is 23.5. The molecular weight excluding hydrogens is 540 g/mol. The van der Waals surface area contributed by atoms with Crippen LogP contribution in [0.25, 0.3) is 22.5 Å². The molecule has 206 valence electrons. The number of halogens is 1. The molecule has 1 saturated heterocycles. The molecule has 0 saturated carbocycles. The second-order valence-electron chi connectivity index (χ2n) is 9.15. The van der Waals surface area contributed by atoms with Gasteiger partial charge in [-0.25, -0.2) is 9.67 Å². The lowest BCUT2D eigenvalue weighted by atomic mass is 9.93. The van der Waals surface area contributed by atoms with E-state index in [2.05, 4.69) is 57.1 Å². The molecule has 0 amide bonds. The summed E-state index contributed by atoms with van der Waals surface area (Å²) in [6, 6.07) is 10.1. The zero-order chi connectivity index (χ0) is 27.5. The van der Waals surface area contributed by atoms with Crippen molar-refractivity contribution in [3.63, 3.8) is 0 Å². The van der Waals surface area contributed by atoms with Gasteiger partial charge in [-0.15, -0.1) is 0 Å². The van der Waals surface area contributed by atoms with Crippen LogP contribution in [0.15, 0.2) is 53.4 Å². The number of piperidine rings is 1. The molecule has 9 heteroatoms. The predicted molar refractivity (Wildman–Crippen MR) is 162 cm³/mol. The Hall–Kier alpha value is -2.75. The molecule has 3 aromatic heterocycles. The maximum Gasteiger partial charge on any atom is 0.165 e. The monoisotopic (exact) mass is 582 g/mol. The average molecular weight is 584 g/mol. The molecule has 0 aliphatic carbocycles. The molecule has 8 nitrogen and oxygen atoms in total. The second-order valence-corrected chi connectivity index (χ2v) is 9.95. The normalized spacial score (nSPS) is 14.1. The first-order valence-electron chi connectivity index (χ1n) is 13.9. The summed E-state index contributed by atoms with van der Waals surface area (Å²) in [6.07, 6.45) is 10.4. The lowest BCUT2D eigenvalue weighted by Gasteiger charge is -2.32. The van der Waals surface area contributed by atoms with E-state index in [0.29, 0.717) is 11.7 Å². The molecule has 3 N–H and O–H groups in total. The van der Waals surface area contributed by atoms with Crippen LogP contribution in [0.4, 0.5) is 5.82 Å². The summed E-state index contributed by atoms with van der Waals surface area (Å²) in [7, 11) is 0. The Morgan fingerprint density at radius 2 is 1.68 bits per heavy atom. The molecule has 0 radical (unpaired) electrons. The molecule has 1 aliphatic heterocycles. The largest absolute Gasteiger partial charge is 0.383 e. The Labute approximate surface area is 235 Å². The number of para-hydroxylation sites is 1. The average Bonchev–Trinajstić information content (AvgIpc) is 3.63. The molecule has 0 spiro atoms. The highest BCUT2D eigenvalue weighted by Gasteiger charge is 2.26. The van der Waals surface area contributed by atoms with Gasteiger partial charge in [-0.05, 0) is 47.4 Å². The van der Waals surface area contributed by atoms with Crippen molar-refractivity contribution in [2.24, 2.45) is 0 Å². The molecule has 0 bridgehead atoms. The number of nitrogens with zero attached hydrogens (tertiary/aromatic N) is 6. The third-order valence-electron chi connectivity index (χ3n) is 6.62. The number of nitrogen functional groups attached to an aromatic ring is 1. The quantitative estimate of drug-likeness (QED) is 0.258. The highest BCUT2D eigenvalue weighted by atomic mass is 79.9. The predicted octanol–water partition coefficient (Wildman–Crippen LogP) is 6.51. The van der Waals surface area contributed by atoms with Crippen molar-refractivity contribution in [3.8, 4) is 16.8 Å². The molecular formula is C29H43BrN8. The van der Waals surface area contributed by atoms with Crippen molar-refractivity contribution in [3.05, 3.63) is 59.1 Å². The van der Waals surface area contributed by atoms with Crippen LogP contribution in [0, 0.1) is 0 Å². The number of rotatable bonds is 7. The first-order valence-corrected chi connectivity index (χ1v) is 14.7. The van der Waals surface area contributed by atoms with Crippen LogP contribution < -0.4 is 11.1 Å². The van der Waals surface area contributed by atoms with Crippen LogP contribution in [0.1, 0.15) is 71.9 Å². The minimum absolute atomic E-state index is 0.365. The Kier molecular flexibility index (Phi) is 11.8. The summed E-state index contributed by atoms with van der Waals surface area (Å²) in [5.41, 5.74) is 11.2. The Balaban J connectivity index is 0.000000612. The first-order chi connectivity index (χ1) is 18.6. The van der Waals surface area contributed by atoms with Gasteiger partial charge in [-0.3, -0.25) is 4.90 Å². The summed E-state index contributed by atoms with van der Waals surface area (Å²) >= 11 is 3.70. The van der Waals surface area contributed by atoms with Crippen LogP contribution >= 0.6 is 15.9 Å². The summed E-state index contributed by atoms with van der Waals surface area (Å²) in [5, 5.41) is 12.5. The van der Waals surface area contributed by atoms with E-state index in [1.165, 1.54) is 12.8 Å². The molecule has 4 aromatic rings. The minimum atomic E-state index is 0.365. The molecule has 4 heterocycles. The van der Waals surface area contributed by atoms with Crippen molar-refractivity contribution in [2.45, 2.75) is 66.2 Å². The van der Waals surface area contributed by atoms with Gasteiger partial charge in [0, 0.05) is 43.0 Å². The first kappa shape index (κ1) is 29.8. The molecule has 0 atom stereocenters. The lowest BCUT2D eigenvalue weighted by molar-refractivity contribution is 0.198. The van der Waals surface area contributed by atoms with Gasteiger partial charge < -0.3 is 11.1 Å². The van der Waals surface area contributed by atoms with Crippen LogP contribution in [0.5, 0.6) is 0 Å². The van der Waals surface area contributed by atoms with Crippen LogP contribution in [0.2, 0.25) is 0 Å². The standard InChI is InChI=1S/C23H27BrN8.C4H10.C2H6/c1-2-26-15-30-10-8-16(9-11-30)21-20(24)22(25)32-23(29-21)19(13-28-32)17-12-27-31(14-17)18-6-4-3-5-7-18;1-3-4-2;1-2/h3-7,12-14,16,26H,2,8-11,15,25H2,1H3;3-4H2,1-2H3;1-2H3. The molecule has 1 fully saturated rings. The Morgan fingerprint density at radius 3 is 2.32 bits per heavy atom. The zero-order valence-corrected chi connectivity index (χ0v) is 25.1. The number of unbranched alkanes of at least 4 members (excludes halogenated alkanes) is 1. The smallest absolute Gasteiger partial charge is 0.165 e. The van der Waals surface area contributed by atoms with Crippen molar-refractivity contribution in [1.82, 2.24) is 34.6 Å². The van der Waals surface area contributed by atoms with Crippen LogP contribution in [-0.2, 0) is 0 Å². The lowest BCUT2D eigenvalue weighted by Crippen LogP contribution is -2.39. The number of nitrogens with two attached hydrogens (primary N) is 1. The summed E-state index contributed by atoms with van der Waals surface area (Å²) in [5.74, 6) is 0.950. The van der Waals surface area contributed by atoms with Crippen molar-refractivity contribution >= 4 is 27.4 Å². The molecule has 38 heavy (non-hydrogen) atoms. The second kappa shape index (κ2) is 15.0. The van der Waals surface area contributed by atoms with Crippen LogP contribution in [-0.4, -0.2) is 55.6 Å². The van der Waals surface area contributed by atoms with Crippen molar-refractivity contribution < 1.29 is 0 Å². The fourth-order valence-electron chi connectivity index (χ4n) is 4.31. The van der Waals surface area contributed by atoms with Gasteiger partial charge in [0.05, 0.1) is 28.2 Å². The van der Waals surface area contributed by atoms with E-state index >= 15 is 0 Å². The molecule has 1 aromatic carbocycles. The number of hydrogen-bond donors (Lipinski definition) is 2. The molecule has 5 rings (SSSR count). The van der Waals surface area contributed by atoms with E-state index in [1.807, 2.05) is 67.5 Å². The van der Waals surface area contributed by atoms with E-state index in [1.54, 1.807) is 4.52 Å². The number of aromatic nitrogens is 5. The van der Waals surface area contributed by atoms with E-state index < -0.39 is 0 Å². The third kappa shape index (κ3) is 7.01. The SMILES string of the molecule is CC.CCCC.CCNCN1CCC(c2nc3c(-c4cnn(-c5ccccc5)c4)cnn3c(N)c2Br)CC1. The Bertz CT molecular complexity index is 1240. The topological polar surface area (TPSA) is 89.3 Å². The summed E-state index contributed by atoms with van der Waals surface area (Å²) < 4.78 is 4.43. The minimum Gasteiger partial charge on any atom is -0.383 e. The van der Waals surface area contributed by atoms with E-state index in [0.717, 1.165) is 71.8 Å². The molecule has 1 aliphatic rings. The Morgan fingerprint density at radius 1 is 1.00 bits per heavy atom. The van der Waals surface area contributed by atoms with E-state index in [-0.39, 0.29) is 0 Å². The number of likely N-dealkylation sites (tertiary alicyclic amines) is 1. The van der Waals surface area contributed by atoms with Gasteiger partial charge in [-0.2, -0.15) is 14.7 Å². The summed E-state index contributed by atoms with van der Waals surface area (Å²) in [4.78, 5) is 7.52. The van der Waals surface area contributed by atoms with Crippen LogP contribution in [0.3, 0.4) is 0 Å². The van der Waals surface area contributed by atoms with Gasteiger partial charge >= 0.3 is 0 Å². The fraction of sp³-hybridized carbons (Fsp3) is 0.483. The van der Waals surface area contributed by atoms with Gasteiger partial charge in [-0.1, -0.05) is 65.7 Å². The maximum absolute atomic E-state index is 6.48. The van der Waals surface area contributed by atoms with E-state index in [9.17, 15) is 0 Å². The number of benzene rings is 1. The maximum atomic E-state index is 6.48. The van der Waals surface area contributed by atoms with Crippen molar-refractivity contribution in [1.29, 1.82) is 0 Å². The number of anilines is 1. The van der Waals surface area contributed by atoms with Gasteiger partial charge in [0.25, 0.3) is 0 Å². The number of hydrogen-bond acceptors (Lipinski definition) is 6. The third-order valence-corrected chi connectivity index (χ3v) is 7.43. The van der Waals surface area contributed by atoms with Gasteiger partial charge in [0.2, 0.25) is 0 Å². The number of nitrogens with one attached hydrogen (secondary N) is 1. The highest BCUT2D eigenvalue weighted by Crippen LogP contribution is 2.36. The van der Waals surface area contributed by atoms with Gasteiger partial charge in [0.1, 0.15) is 5.82 Å². The van der Waals surface area contributed by atoms with Crippen molar-refractivity contribution in [2.75, 3.05) is 32.0 Å². The van der Waals surface area contributed by atoms with E-state index in [4.69, 9.17) is 10.7 Å². The van der Waals surface area contributed by atoms with Gasteiger partial charge in [0.15, 0.2) is 5.65 Å². The fourth-order valence-corrected chi connectivity index (χ4v) is 4.89.